The predicted octanol–water partition coefficient (Wildman–Crippen LogP) is 7.60. The first-order valence-corrected chi connectivity index (χ1v) is 13.1. The van der Waals surface area contributed by atoms with Gasteiger partial charge in [-0.2, -0.15) is 9.78 Å². The standard InChI is InChI=1S/C29H20BrCl2N3O3/c1-37-26-14-20(22(30)15-27(26)38-17-18-11-12-23(31)24(32)13-18)16-33-35-28(19-7-3-2-4-8-19)34-25-10-6-5-9-21(25)29(35)36/h2-16H,17H2,1H3. The van der Waals surface area contributed by atoms with E-state index in [1.54, 1.807) is 49.7 Å². The van der Waals surface area contributed by atoms with E-state index in [2.05, 4.69) is 21.0 Å². The van der Waals surface area contributed by atoms with Gasteiger partial charge in [-0.1, -0.05) is 71.7 Å². The van der Waals surface area contributed by atoms with Crippen LogP contribution in [-0.4, -0.2) is 23.0 Å². The molecular weight excluding hydrogens is 589 g/mol. The summed E-state index contributed by atoms with van der Waals surface area (Å²) in [6, 6.07) is 25.6. The van der Waals surface area contributed by atoms with Crippen molar-refractivity contribution in [2.45, 2.75) is 6.61 Å². The molecule has 0 atom stereocenters. The molecule has 5 rings (SSSR count). The first-order valence-electron chi connectivity index (χ1n) is 11.5. The fraction of sp³-hybridized carbons (Fsp3) is 0.0690. The van der Waals surface area contributed by atoms with Crippen molar-refractivity contribution in [1.82, 2.24) is 9.66 Å². The highest BCUT2D eigenvalue weighted by Gasteiger charge is 2.14. The van der Waals surface area contributed by atoms with Crippen molar-refractivity contribution in [1.29, 1.82) is 0 Å². The largest absolute Gasteiger partial charge is 0.493 e. The summed E-state index contributed by atoms with van der Waals surface area (Å²) >= 11 is 15.7. The average molecular weight is 609 g/mol. The van der Waals surface area contributed by atoms with E-state index >= 15 is 0 Å². The monoisotopic (exact) mass is 607 g/mol. The van der Waals surface area contributed by atoms with Crippen LogP contribution < -0.4 is 15.0 Å². The van der Waals surface area contributed by atoms with Gasteiger partial charge in [0, 0.05) is 15.6 Å². The Balaban J connectivity index is 1.50. The molecule has 5 aromatic rings. The lowest BCUT2D eigenvalue weighted by Gasteiger charge is -2.13. The van der Waals surface area contributed by atoms with E-state index in [1.165, 1.54) is 4.68 Å². The minimum atomic E-state index is -0.268. The Morgan fingerprint density at radius 2 is 1.71 bits per heavy atom. The number of hydrogen-bond donors (Lipinski definition) is 0. The molecule has 0 saturated heterocycles. The fourth-order valence-corrected chi connectivity index (χ4v) is 4.58. The molecule has 190 valence electrons. The summed E-state index contributed by atoms with van der Waals surface area (Å²) in [5.41, 5.74) is 2.65. The molecule has 4 aromatic carbocycles. The molecule has 1 heterocycles. The number of ether oxygens (including phenoxy) is 2. The lowest BCUT2D eigenvalue weighted by Crippen LogP contribution is -2.20. The predicted molar refractivity (Wildman–Crippen MR) is 156 cm³/mol. The number of fused-ring (bicyclic) bond motifs is 1. The van der Waals surface area contributed by atoms with Crippen molar-refractivity contribution in [3.8, 4) is 22.9 Å². The smallest absolute Gasteiger partial charge is 0.282 e. The first kappa shape index (κ1) is 26.0. The minimum absolute atomic E-state index is 0.268. The molecule has 0 fully saturated rings. The topological polar surface area (TPSA) is 65.7 Å². The Hall–Kier alpha value is -3.65. The lowest BCUT2D eigenvalue weighted by molar-refractivity contribution is 0.284. The van der Waals surface area contributed by atoms with E-state index in [-0.39, 0.29) is 12.2 Å². The molecule has 0 unspecified atom stereocenters. The van der Waals surface area contributed by atoms with Gasteiger partial charge in [0.15, 0.2) is 17.3 Å². The number of para-hydroxylation sites is 1. The maximum Gasteiger partial charge on any atom is 0.282 e. The lowest BCUT2D eigenvalue weighted by atomic mass is 10.2. The molecule has 0 aliphatic heterocycles. The highest BCUT2D eigenvalue weighted by Crippen LogP contribution is 2.34. The van der Waals surface area contributed by atoms with Gasteiger partial charge in [0.2, 0.25) is 0 Å². The summed E-state index contributed by atoms with van der Waals surface area (Å²) in [5.74, 6) is 1.47. The van der Waals surface area contributed by atoms with Gasteiger partial charge < -0.3 is 9.47 Å². The van der Waals surface area contributed by atoms with Crippen molar-refractivity contribution in [3.63, 3.8) is 0 Å². The number of rotatable bonds is 7. The Labute approximate surface area is 237 Å². The second-order valence-corrected chi connectivity index (χ2v) is 9.91. The Kier molecular flexibility index (Phi) is 7.79. The molecule has 0 N–H and O–H groups in total. The second kappa shape index (κ2) is 11.4. The molecule has 0 bridgehead atoms. The molecule has 0 aliphatic rings. The number of hydrogen-bond acceptors (Lipinski definition) is 5. The number of methoxy groups -OCH3 is 1. The zero-order valence-corrected chi connectivity index (χ0v) is 23.2. The summed E-state index contributed by atoms with van der Waals surface area (Å²) in [6.07, 6.45) is 1.58. The van der Waals surface area contributed by atoms with Crippen LogP contribution in [0.25, 0.3) is 22.3 Å². The Morgan fingerprint density at radius 1 is 0.947 bits per heavy atom. The van der Waals surface area contributed by atoms with Crippen LogP contribution in [0.1, 0.15) is 11.1 Å². The van der Waals surface area contributed by atoms with Gasteiger partial charge in [-0.15, -0.1) is 0 Å². The van der Waals surface area contributed by atoms with E-state index in [1.807, 2.05) is 48.5 Å². The highest BCUT2D eigenvalue weighted by atomic mass is 79.9. The van der Waals surface area contributed by atoms with Crippen molar-refractivity contribution < 1.29 is 9.47 Å². The number of aromatic nitrogens is 2. The van der Waals surface area contributed by atoms with E-state index in [0.717, 1.165) is 11.1 Å². The van der Waals surface area contributed by atoms with Crippen LogP contribution in [0.2, 0.25) is 10.0 Å². The Bertz CT molecular complexity index is 1720. The molecule has 38 heavy (non-hydrogen) atoms. The third-order valence-electron chi connectivity index (χ3n) is 5.76. The molecule has 0 spiro atoms. The summed E-state index contributed by atoms with van der Waals surface area (Å²) in [7, 11) is 1.56. The summed E-state index contributed by atoms with van der Waals surface area (Å²) < 4.78 is 13.6. The SMILES string of the molecule is COc1cc(C=Nn2c(-c3ccccc3)nc3ccccc3c2=O)c(Br)cc1OCc1ccc(Cl)c(Cl)c1. The second-order valence-electron chi connectivity index (χ2n) is 8.24. The van der Waals surface area contributed by atoms with Gasteiger partial charge in [-0.05, 0) is 57.9 Å². The van der Waals surface area contributed by atoms with Crippen LogP contribution in [0.3, 0.4) is 0 Å². The molecule has 0 radical (unpaired) electrons. The van der Waals surface area contributed by atoms with Crippen molar-refractivity contribution in [2.75, 3.05) is 7.11 Å². The first-order chi connectivity index (χ1) is 18.4. The van der Waals surface area contributed by atoms with Gasteiger partial charge in [0.25, 0.3) is 5.56 Å². The third-order valence-corrected chi connectivity index (χ3v) is 7.19. The molecule has 6 nitrogen and oxygen atoms in total. The van der Waals surface area contributed by atoms with Crippen LogP contribution in [0.5, 0.6) is 11.5 Å². The van der Waals surface area contributed by atoms with Gasteiger partial charge in [-0.3, -0.25) is 4.79 Å². The van der Waals surface area contributed by atoms with Crippen molar-refractivity contribution in [3.05, 3.63) is 121 Å². The van der Waals surface area contributed by atoms with Crippen LogP contribution in [0.4, 0.5) is 0 Å². The van der Waals surface area contributed by atoms with E-state index in [0.29, 0.717) is 48.3 Å². The van der Waals surface area contributed by atoms with E-state index < -0.39 is 0 Å². The highest BCUT2D eigenvalue weighted by molar-refractivity contribution is 9.10. The van der Waals surface area contributed by atoms with Crippen molar-refractivity contribution >= 4 is 56.2 Å². The van der Waals surface area contributed by atoms with Crippen LogP contribution in [0, 0.1) is 0 Å². The number of benzene rings is 4. The van der Waals surface area contributed by atoms with Gasteiger partial charge in [-0.25, -0.2) is 4.98 Å². The maximum atomic E-state index is 13.4. The van der Waals surface area contributed by atoms with Gasteiger partial charge in [0.1, 0.15) is 6.61 Å². The molecule has 0 aliphatic carbocycles. The molecular formula is C29H20BrCl2N3O3. The average Bonchev–Trinajstić information content (AvgIpc) is 2.94. The third kappa shape index (κ3) is 5.45. The molecule has 9 heteroatoms. The van der Waals surface area contributed by atoms with Crippen LogP contribution >= 0.6 is 39.1 Å². The van der Waals surface area contributed by atoms with Gasteiger partial charge in [0.05, 0.1) is 34.3 Å². The summed E-state index contributed by atoms with van der Waals surface area (Å²) in [6.45, 7) is 0.270. The zero-order chi connectivity index (χ0) is 26.6. The van der Waals surface area contributed by atoms with Crippen LogP contribution in [-0.2, 0) is 6.61 Å². The summed E-state index contributed by atoms with van der Waals surface area (Å²) in [4.78, 5) is 18.1. The van der Waals surface area contributed by atoms with E-state index in [4.69, 9.17) is 37.7 Å². The molecule has 0 saturated carbocycles. The van der Waals surface area contributed by atoms with E-state index in [9.17, 15) is 4.79 Å². The molecule has 0 amide bonds. The Morgan fingerprint density at radius 3 is 2.47 bits per heavy atom. The number of halogens is 3. The normalized spacial score (nSPS) is 11.3. The fourth-order valence-electron chi connectivity index (χ4n) is 3.84. The summed E-state index contributed by atoms with van der Waals surface area (Å²) in [5, 5.41) is 5.96. The van der Waals surface area contributed by atoms with Crippen molar-refractivity contribution in [2.24, 2.45) is 5.10 Å². The van der Waals surface area contributed by atoms with Gasteiger partial charge >= 0.3 is 0 Å². The zero-order valence-electron chi connectivity index (χ0n) is 20.1. The minimum Gasteiger partial charge on any atom is -0.493 e. The maximum absolute atomic E-state index is 13.4. The quantitative estimate of drug-likeness (QED) is 0.178. The number of nitrogens with zero attached hydrogens (tertiary/aromatic N) is 3. The van der Waals surface area contributed by atoms with Crippen LogP contribution in [0.15, 0.2) is 99.3 Å². The molecule has 1 aromatic heterocycles.